The average molecular weight is 420 g/mol. The average Bonchev–Trinajstić information content (AvgIpc) is 2.76. The van der Waals surface area contributed by atoms with Crippen molar-refractivity contribution in [3.63, 3.8) is 0 Å². The molecule has 0 N–H and O–H groups in total. The Morgan fingerprint density at radius 3 is 2.47 bits per heavy atom. The standard InChI is InChI=1S/C22H26F2N2O4/c1-3-29-21(27)15-4-6-16(7-5-15)26(19-14-25-13-12-20(19)28-2)17-8-10-18(11-9-17)30-22(23)24/h8-16,22H,3-7H2,1-2H3. The van der Waals surface area contributed by atoms with Crippen molar-refractivity contribution in [2.45, 2.75) is 45.3 Å². The van der Waals surface area contributed by atoms with Gasteiger partial charge in [-0.05, 0) is 56.9 Å². The van der Waals surface area contributed by atoms with E-state index in [-0.39, 0.29) is 23.7 Å². The summed E-state index contributed by atoms with van der Waals surface area (Å²) in [7, 11) is 1.59. The first-order valence-electron chi connectivity index (χ1n) is 10.0. The third kappa shape index (κ3) is 5.17. The molecule has 1 saturated carbocycles. The second kappa shape index (κ2) is 10.2. The number of carbonyl (C=O) groups is 1. The van der Waals surface area contributed by atoms with E-state index < -0.39 is 6.61 Å². The van der Waals surface area contributed by atoms with Gasteiger partial charge in [-0.25, -0.2) is 0 Å². The molecule has 1 aliphatic carbocycles. The fourth-order valence-corrected chi connectivity index (χ4v) is 3.89. The molecule has 1 aromatic heterocycles. The SMILES string of the molecule is CCOC(=O)C1CCC(N(c2ccc(OC(F)F)cc2)c2cnccc2OC)CC1. The summed E-state index contributed by atoms with van der Waals surface area (Å²) < 4.78 is 40.2. The third-order valence-electron chi connectivity index (χ3n) is 5.26. The summed E-state index contributed by atoms with van der Waals surface area (Å²) in [4.78, 5) is 18.4. The van der Waals surface area contributed by atoms with Gasteiger partial charge in [-0.1, -0.05) is 0 Å². The van der Waals surface area contributed by atoms with E-state index >= 15 is 0 Å². The van der Waals surface area contributed by atoms with Gasteiger partial charge in [0.15, 0.2) is 0 Å². The number of rotatable bonds is 8. The number of esters is 1. The van der Waals surface area contributed by atoms with Crippen molar-refractivity contribution in [1.82, 2.24) is 4.98 Å². The quantitative estimate of drug-likeness (QED) is 0.563. The highest BCUT2D eigenvalue weighted by Gasteiger charge is 2.32. The maximum atomic E-state index is 12.5. The van der Waals surface area contributed by atoms with Gasteiger partial charge in [-0.15, -0.1) is 0 Å². The maximum Gasteiger partial charge on any atom is 0.387 e. The van der Waals surface area contributed by atoms with Gasteiger partial charge in [0, 0.05) is 24.0 Å². The Bertz CT molecular complexity index is 824. The molecule has 1 aromatic carbocycles. The third-order valence-corrected chi connectivity index (χ3v) is 5.26. The highest BCUT2D eigenvalue weighted by Crippen LogP contribution is 2.40. The molecule has 6 nitrogen and oxygen atoms in total. The molecule has 0 atom stereocenters. The van der Waals surface area contributed by atoms with E-state index in [1.807, 2.05) is 0 Å². The first kappa shape index (κ1) is 21.8. The largest absolute Gasteiger partial charge is 0.494 e. The predicted octanol–water partition coefficient (Wildman–Crippen LogP) is 4.95. The molecule has 8 heteroatoms. The number of pyridine rings is 1. The molecule has 30 heavy (non-hydrogen) atoms. The molecule has 1 aliphatic rings. The molecule has 3 rings (SSSR count). The van der Waals surface area contributed by atoms with Crippen LogP contribution in [0.25, 0.3) is 0 Å². The summed E-state index contributed by atoms with van der Waals surface area (Å²) in [5.41, 5.74) is 1.59. The van der Waals surface area contributed by atoms with Crippen LogP contribution in [0.1, 0.15) is 32.6 Å². The summed E-state index contributed by atoms with van der Waals surface area (Å²) in [6, 6.07) is 8.38. The van der Waals surface area contributed by atoms with Gasteiger partial charge in [0.1, 0.15) is 17.2 Å². The summed E-state index contributed by atoms with van der Waals surface area (Å²) >= 11 is 0. The number of methoxy groups -OCH3 is 1. The van der Waals surface area contributed by atoms with Gasteiger partial charge in [0.2, 0.25) is 0 Å². The Kier molecular flexibility index (Phi) is 7.43. The van der Waals surface area contributed by atoms with Gasteiger partial charge >= 0.3 is 12.6 Å². The fraction of sp³-hybridized carbons (Fsp3) is 0.455. The minimum absolute atomic E-state index is 0.0932. The minimum atomic E-state index is -2.87. The molecule has 0 aliphatic heterocycles. The first-order chi connectivity index (χ1) is 14.5. The highest BCUT2D eigenvalue weighted by molar-refractivity contribution is 5.73. The van der Waals surface area contributed by atoms with Crippen molar-refractivity contribution in [2.75, 3.05) is 18.6 Å². The van der Waals surface area contributed by atoms with E-state index in [1.165, 1.54) is 12.1 Å². The van der Waals surface area contributed by atoms with Crippen LogP contribution in [0.4, 0.5) is 20.2 Å². The van der Waals surface area contributed by atoms with Crippen molar-refractivity contribution >= 4 is 17.3 Å². The van der Waals surface area contributed by atoms with Crippen LogP contribution in [0.2, 0.25) is 0 Å². The van der Waals surface area contributed by atoms with Crippen LogP contribution in [0.15, 0.2) is 42.7 Å². The molecule has 2 aromatic rings. The van der Waals surface area contributed by atoms with E-state index in [0.717, 1.165) is 37.1 Å². The predicted molar refractivity (Wildman–Crippen MR) is 108 cm³/mol. The van der Waals surface area contributed by atoms with Crippen molar-refractivity contribution in [2.24, 2.45) is 5.92 Å². The molecule has 0 radical (unpaired) electrons. The smallest absolute Gasteiger partial charge is 0.387 e. The van der Waals surface area contributed by atoms with Gasteiger partial charge in [0.25, 0.3) is 0 Å². The number of hydrogen-bond acceptors (Lipinski definition) is 6. The van der Waals surface area contributed by atoms with Crippen LogP contribution < -0.4 is 14.4 Å². The second-order valence-corrected chi connectivity index (χ2v) is 7.05. The molecule has 1 heterocycles. The lowest BCUT2D eigenvalue weighted by Crippen LogP contribution is -2.37. The van der Waals surface area contributed by atoms with Crippen LogP contribution in [-0.4, -0.2) is 37.3 Å². The number of benzene rings is 1. The molecular weight excluding hydrogens is 394 g/mol. The number of ether oxygens (including phenoxy) is 3. The zero-order chi connectivity index (χ0) is 21.5. The molecule has 162 valence electrons. The van der Waals surface area contributed by atoms with Gasteiger partial charge in [-0.3, -0.25) is 9.78 Å². The lowest BCUT2D eigenvalue weighted by molar-refractivity contribution is -0.149. The normalized spacial score (nSPS) is 18.7. The van der Waals surface area contributed by atoms with Crippen LogP contribution in [-0.2, 0) is 9.53 Å². The highest BCUT2D eigenvalue weighted by atomic mass is 19.3. The van der Waals surface area contributed by atoms with Crippen molar-refractivity contribution in [3.8, 4) is 11.5 Å². The summed E-state index contributed by atoms with van der Waals surface area (Å²) in [5, 5.41) is 0. The van der Waals surface area contributed by atoms with E-state index in [9.17, 15) is 13.6 Å². The molecule has 0 bridgehead atoms. The van der Waals surface area contributed by atoms with Crippen LogP contribution >= 0.6 is 0 Å². The molecule has 0 spiro atoms. The van der Waals surface area contributed by atoms with Crippen molar-refractivity contribution in [3.05, 3.63) is 42.7 Å². The number of anilines is 2. The Hall–Kier alpha value is -2.90. The number of carbonyl (C=O) groups excluding carboxylic acids is 1. The lowest BCUT2D eigenvalue weighted by Gasteiger charge is -2.38. The van der Waals surface area contributed by atoms with Crippen LogP contribution in [0.5, 0.6) is 11.5 Å². The molecule has 1 fully saturated rings. The molecule has 0 saturated heterocycles. The lowest BCUT2D eigenvalue weighted by atomic mass is 9.85. The van der Waals surface area contributed by atoms with E-state index in [0.29, 0.717) is 12.4 Å². The number of halogens is 2. The maximum absolute atomic E-state index is 12.5. The topological polar surface area (TPSA) is 60.9 Å². The molecular formula is C22H26F2N2O4. The number of aromatic nitrogens is 1. The van der Waals surface area contributed by atoms with E-state index in [2.05, 4.69) is 14.6 Å². The summed E-state index contributed by atoms with van der Waals surface area (Å²) in [5.74, 6) is 0.513. The summed E-state index contributed by atoms with van der Waals surface area (Å²) in [6.45, 7) is -0.685. The zero-order valence-electron chi connectivity index (χ0n) is 17.1. The Labute approximate surface area is 174 Å². The van der Waals surface area contributed by atoms with Crippen LogP contribution in [0.3, 0.4) is 0 Å². The number of hydrogen-bond donors (Lipinski definition) is 0. The molecule has 0 amide bonds. The monoisotopic (exact) mass is 420 g/mol. The minimum Gasteiger partial charge on any atom is -0.494 e. The Morgan fingerprint density at radius 2 is 1.87 bits per heavy atom. The van der Waals surface area contributed by atoms with Crippen molar-refractivity contribution in [1.29, 1.82) is 0 Å². The first-order valence-corrected chi connectivity index (χ1v) is 10.0. The van der Waals surface area contributed by atoms with Crippen molar-refractivity contribution < 1.29 is 27.8 Å². The Morgan fingerprint density at radius 1 is 1.17 bits per heavy atom. The van der Waals surface area contributed by atoms with Crippen LogP contribution in [0, 0.1) is 5.92 Å². The van der Waals surface area contributed by atoms with Gasteiger partial charge in [0.05, 0.1) is 25.8 Å². The zero-order valence-corrected chi connectivity index (χ0v) is 17.1. The Balaban J connectivity index is 1.87. The molecule has 0 unspecified atom stereocenters. The number of alkyl halides is 2. The van der Waals surface area contributed by atoms with E-state index in [4.69, 9.17) is 9.47 Å². The second-order valence-electron chi connectivity index (χ2n) is 7.05. The van der Waals surface area contributed by atoms with E-state index in [1.54, 1.807) is 44.6 Å². The van der Waals surface area contributed by atoms with Gasteiger partial charge in [-0.2, -0.15) is 8.78 Å². The fourth-order valence-electron chi connectivity index (χ4n) is 3.89. The van der Waals surface area contributed by atoms with Gasteiger partial charge < -0.3 is 19.1 Å². The number of nitrogens with zero attached hydrogens (tertiary/aromatic N) is 2. The summed E-state index contributed by atoms with van der Waals surface area (Å²) in [6.07, 6.45) is 6.36.